The molecular formula is C20H23FO3. The van der Waals surface area contributed by atoms with E-state index >= 15 is 0 Å². The van der Waals surface area contributed by atoms with E-state index in [1.165, 1.54) is 17.7 Å². The highest BCUT2D eigenvalue weighted by molar-refractivity contribution is 5.69. The fraction of sp³-hybridized carbons (Fsp3) is 0.350. The fourth-order valence-electron chi connectivity index (χ4n) is 2.33. The Kier molecular flexibility index (Phi) is 7.27. The third-order valence-corrected chi connectivity index (χ3v) is 3.64. The average Bonchev–Trinajstić information content (AvgIpc) is 2.59. The van der Waals surface area contributed by atoms with Gasteiger partial charge in [-0.3, -0.25) is 4.79 Å². The summed E-state index contributed by atoms with van der Waals surface area (Å²) in [6.07, 6.45) is 3.20. The Morgan fingerprint density at radius 1 is 0.958 bits per heavy atom. The van der Waals surface area contributed by atoms with Crippen LogP contribution in [0.1, 0.15) is 37.3 Å². The summed E-state index contributed by atoms with van der Waals surface area (Å²) in [6.45, 7) is 2.68. The zero-order chi connectivity index (χ0) is 17.2. The average molecular weight is 330 g/mol. The fourth-order valence-corrected chi connectivity index (χ4v) is 2.33. The maximum absolute atomic E-state index is 12.8. The van der Waals surface area contributed by atoms with Gasteiger partial charge in [0.1, 0.15) is 18.2 Å². The van der Waals surface area contributed by atoms with Crippen LogP contribution < -0.4 is 4.74 Å². The highest BCUT2D eigenvalue weighted by Gasteiger charge is 2.02. The second kappa shape index (κ2) is 9.71. The Hall–Kier alpha value is -2.36. The molecule has 4 heteroatoms. The topological polar surface area (TPSA) is 35.5 Å². The number of hydrogen-bond donors (Lipinski definition) is 0. The van der Waals surface area contributed by atoms with Crippen molar-refractivity contribution >= 4 is 5.97 Å². The minimum atomic E-state index is -0.244. The van der Waals surface area contributed by atoms with Gasteiger partial charge in [0.05, 0.1) is 6.61 Å². The first-order chi connectivity index (χ1) is 11.7. The molecule has 2 aromatic rings. The standard InChI is InChI=1S/C20H23FO3/c1-2-23-20(22)6-4-3-5-16-9-13-19(14-10-16)24-15-17-7-11-18(21)12-8-17/h7-14H,2-6,15H2,1H3. The Labute approximate surface area is 142 Å². The van der Waals surface area contributed by atoms with E-state index in [9.17, 15) is 9.18 Å². The summed E-state index contributed by atoms with van der Waals surface area (Å²) in [6, 6.07) is 14.2. The van der Waals surface area contributed by atoms with Crippen LogP contribution in [0.3, 0.4) is 0 Å². The van der Waals surface area contributed by atoms with Gasteiger partial charge in [0.25, 0.3) is 0 Å². The maximum atomic E-state index is 12.8. The van der Waals surface area contributed by atoms with E-state index in [-0.39, 0.29) is 11.8 Å². The number of esters is 1. The number of halogens is 1. The molecule has 0 aliphatic rings. The van der Waals surface area contributed by atoms with Crippen molar-refractivity contribution in [2.45, 2.75) is 39.2 Å². The molecule has 0 spiro atoms. The molecule has 0 unspecified atom stereocenters. The number of rotatable bonds is 9. The largest absolute Gasteiger partial charge is 0.489 e. The number of benzene rings is 2. The van der Waals surface area contributed by atoms with E-state index < -0.39 is 0 Å². The highest BCUT2D eigenvalue weighted by atomic mass is 19.1. The molecule has 128 valence electrons. The van der Waals surface area contributed by atoms with Gasteiger partial charge in [-0.25, -0.2) is 4.39 Å². The molecule has 0 saturated heterocycles. The van der Waals surface area contributed by atoms with Crippen molar-refractivity contribution < 1.29 is 18.7 Å². The summed E-state index contributed by atoms with van der Waals surface area (Å²) < 4.78 is 23.4. The van der Waals surface area contributed by atoms with Crippen molar-refractivity contribution in [3.05, 3.63) is 65.5 Å². The third-order valence-electron chi connectivity index (χ3n) is 3.64. The monoisotopic (exact) mass is 330 g/mol. The summed E-state index contributed by atoms with van der Waals surface area (Å²) in [5.74, 6) is 0.419. The predicted octanol–water partition coefficient (Wildman–Crippen LogP) is 4.68. The maximum Gasteiger partial charge on any atom is 0.305 e. The SMILES string of the molecule is CCOC(=O)CCCCc1ccc(OCc2ccc(F)cc2)cc1. The molecule has 2 aromatic carbocycles. The van der Waals surface area contributed by atoms with Gasteiger partial charge in [0, 0.05) is 6.42 Å². The molecule has 0 heterocycles. The van der Waals surface area contributed by atoms with Crippen molar-refractivity contribution in [3.63, 3.8) is 0 Å². The lowest BCUT2D eigenvalue weighted by atomic mass is 10.1. The van der Waals surface area contributed by atoms with E-state index in [4.69, 9.17) is 9.47 Å². The van der Waals surface area contributed by atoms with Crippen molar-refractivity contribution in [2.24, 2.45) is 0 Å². The van der Waals surface area contributed by atoms with Gasteiger partial charge in [-0.05, 0) is 61.6 Å². The smallest absolute Gasteiger partial charge is 0.305 e. The lowest BCUT2D eigenvalue weighted by molar-refractivity contribution is -0.143. The van der Waals surface area contributed by atoms with E-state index in [1.54, 1.807) is 12.1 Å². The minimum Gasteiger partial charge on any atom is -0.489 e. The normalized spacial score (nSPS) is 10.4. The molecule has 0 aliphatic heterocycles. The molecule has 0 aliphatic carbocycles. The van der Waals surface area contributed by atoms with Gasteiger partial charge in [-0.1, -0.05) is 24.3 Å². The Bertz CT molecular complexity index is 620. The Morgan fingerprint density at radius 3 is 2.29 bits per heavy atom. The van der Waals surface area contributed by atoms with Gasteiger partial charge in [-0.15, -0.1) is 0 Å². The molecule has 0 atom stereocenters. The first-order valence-corrected chi connectivity index (χ1v) is 8.29. The number of ether oxygens (including phenoxy) is 2. The summed E-state index contributed by atoms with van der Waals surface area (Å²) in [4.78, 5) is 11.2. The van der Waals surface area contributed by atoms with E-state index in [1.807, 2.05) is 31.2 Å². The van der Waals surface area contributed by atoms with Crippen LogP contribution in [-0.4, -0.2) is 12.6 Å². The van der Waals surface area contributed by atoms with Crippen LogP contribution in [-0.2, 0) is 22.6 Å². The van der Waals surface area contributed by atoms with Crippen LogP contribution in [0.5, 0.6) is 5.75 Å². The van der Waals surface area contributed by atoms with Crippen LogP contribution >= 0.6 is 0 Å². The lowest BCUT2D eigenvalue weighted by Crippen LogP contribution is -2.03. The molecule has 0 amide bonds. The van der Waals surface area contributed by atoms with E-state index in [0.29, 0.717) is 19.6 Å². The van der Waals surface area contributed by atoms with E-state index in [2.05, 4.69) is 0 Å². The quantitative estimate of drug-likeness (QED) is 0.495. The van der Waals surface area contributed by atoms with Crippen LogP contribution in [0.15, 0.2) is 48.5 Å². The van der Waals surface area contributed by atoms with E-state index in [0.717, 1.165) is 30.6 Å². The van der Waals surface area contributed by atoms with Crippen LogP contribution in [0, 0.1) is 5.82 Å². The van der Waals surface area contributed by atoms with Crippen molar-refractivity contribution in [1.82, 2.24) is 0 Å². The van der Waals surface area contributed by atoms with Gasteiger partial charge in [0.15, 0.2) is 0 Å². The van der Waals surface area contributed by atoms with Crippen LogP contribution in [0.25, 0.3) is 0 Å². The predicted molar refractivity (Wildman–Crippen MR) is 91.4 cm³/mol. The number of carbonyl (C=O) groups excluding carboxylic acids is 1. The summed E-state index contributed by atoms with van der Waals surface area (Å²) in [5.41, 5.74) is 2.15. The molecule has 3 nitrogen and oxygen atoms in total. The van der Waals surface area contributed by atoms with Crippen LogP contribution in [0.4, 0.5) is 4.39 Å². The number of hydrogen-bond acceptors (Lipinski definition) is 3. The summed E-state index contributed by atoms with van der Waals surface area (Å²) >= 11 is 0. The van der Waals surface area contributed by atoms with Gasteiger partial charge < -0.3 is 9.47 Å². The number of aryl methyl sites for hydroxylation is 1. The molecular weight excluding hydrogens is 307 g/mol. The summed E-state index contributed by atoms with van der Waals surface area (Å²) in [5, 5.41) is 0. The molecule has 2 rings (SSSR count). The molecule has 0 fully saturated rings. The highest BCUT2D eigenvalue weighted by Crippen LogP contribution is 2.16. The molecule has 0 saturated carbocycles. The molecule has 0 bridgehead atoms. The third kappa shape index (κ3) is 6.41. The van der Waals surface area contributed by atoms with Crippen LogP contribution in [0.2, 0.25) is 0 Å². The van der Waals surface area contributed by atoms with Crippen molar-refractivity contribution in [2.75, 3.05) is 6.61 Å². The molecule has 0 radical (unpaired) electrons. The Balaban J connectivity index is 1.70. The zero-order valence-electron chi connectivity index (χ0n) is 14.0. The molecule has 0 N–H and O–H groups in total. The molecule has 0 aromatic heterocycles. The van der Waals surface area contributed by atoms with Crippen molar-refractivity contribution in [3.8, 4) is 5.75 Å². The first kappa shape index (κ1) is 18.0. The number of unbranched alkanes of at least 4 members (excludes halogenated alkanes) is 1. The van der Waals surface area contributed by atoms with Gasteiger partial charge in [0.2, 0.25) is 0 Å². The lowest BCUT2D eigenvalue weighted by Gasteiger charge is -2.07. The first-order valence-electron chi connectivity index (χ1n) is 8.29. The van der Waals surface area contributed by atoms with Crippen molar-refractivity contribution in [1.29, 1.82) is 0 Å². The van der Waals surface area contributed by atoms with Gasteiger partial charge >= 0.3 is 5.97 Å². The number of carbonyl (C=O) groups is 1. The minimum absolute atomic E-state index is 0.123. The summed E-state index contributed by atoms with van der Waals surface area (Å²) in [7, 11) is 0. The molecule has 24 heavy (non-hydrogen) atoms. The second-order valence-corrected chi connectivity index (χ2v) is 5.57. The zero-order valence-corrected chi connectivity index (χ0v) is 14.0. The second-order valence-electron chi connectivity index (χ2n) is 5.57. The van der Waals surface area contributed by atoms with Gasteiger partial charge in [-0.2, -0.15) is 0 Å². The Morgan fingerprint density at radius 2 is 1.62 bits per heavy atom.